The molecule has 2 aromatic rings. The maximum atomic E-state index is 13.3. The van der Waals surface area contributed by atoms with Crippen LogP contribution in [-0.2, 0) is 10.0 Å². The van der Waals surface area contributed by atoms with E-state index in [4.69, 9.17) is 0 Å². The Kier molecular flexibility index (Phi) is 5.05. The zero-order valence-corrected chi connectivity index (χ0v) is 17.3. The Morgan fingerprint density at radius 2 is 1.68 bits per heavy atom. The maximum Gasteiger partial charge on any atom is 0.270 e. The van der Waals surface area contributed by atoms with Crippen LogP contribution in [0.2, 0.25) is 0 Å². The third-order valence-electron chi connectivity index (χ3n) is 5.72. The number of nitrogens with one attached hydrogen (secondary N) is 1. The number of aromatic nitrogens is 1. The number of sulfonamides is 1. The monoisotopic (exact) mass is 401 g/mol. The summed E-state index contributed by atoms with van der Waals surface area (Å²) in [4.78, 5) is 17.4. The first-order valence-corrected chi connectivity index (χ1v) is 11.4. The highest BCUT2D eigenvalue weighted by atomic mass is 32.2. The van der Waals surface area contributed by atoms with Crippen molar-refractivity contribution in [2.75, 3.05) is 19.6 Å². The highest BCUT2D eigenvalue weighted by Crippen LogP contribution is 2.37. The lowest BCUT2D eigenvalue weighted by atomic mass is 10.0. The number of hydrogen-bond acceptors (Lipinski definition) is 3. The van der Waals surface area contributed by atoms with Gasteiger partial charge in [-0.2, -0.15) is 4.31 Å². The Labute approximate surface area is 166 Å². The van der Waals surface area contributed by atoms with Gasteiger partial charge in [0.05, 0.1) is 6.04 Å². The second kappa shape index (κ2) is 7.37. The second-order valence-corrected chi connectivity index (χ2v) is 9.83. The van der Waals surface area contributed by atoms with E-state index in [2.05, 4.69) is 23.2 Å². The Bertz CT molecular complexity index is 970. The number of nitrogens with zero attached hydrogens (tertiary/aromatic N) is 2. The normalized spacial score (nSPS) is 20.8. The van der Waals surface area contributed by atoms with Gasteiger partial charge >= 0.3 is 0 Å². The fraction of sp³-hybridized carbons (Fsp3) is 0.476. The fourth-order valence-electron chi connectivity index (χ4n) is 4.44. The van der Waals surface area contributed by atoms with Gasteiger partial charge in [0.15, 0.2) is 0 Å². The van der Waals surface area contributed by atoms with Gasteiger partial charge < -0.3 is 9.88 Å². The molecule has 0 radical (unpaired) electrons. The van der Waals surface area contributed by atoms with Gasteiger partial charge in [-0.1, -0.05) is 29.3 Å². The molecule has 2 saturated heterocycles. The predicted octanol–water partition coefficient (Wildman–Crippen LogP) is 3.39. The molecule has 28 heavy (non-hydrogen) atoms. The minimum Gasteiger partial charge on any atom is -0.356 e. The van der Waals surface area contributed by atoms with Gasteiger partial charge in [-0.3, -0.25) is 4.79 Å². The fourth-order valence-corrected chi connectivity index (χ4v) is 6.11. The first-order chi connectivity index (χ1) is 13.4. The summed E-state index contributed by atoms with van der Waals surface area (Å²) < 4.78 is 28.2. The SMILES string of the molecule is Cc1cc(C)cc(C2CCCN2S(=O)(=O)c2c[nH]c(C(=O)N3CCCC3)c2)c1. The van der Waals surface area contributed by atoms with Gasteiger partial charge in [0.2, 0.25) is 10.0 Å². The standard InChI is InChI=1S/C21H27N3O3S/c1-15-10-16(2)12-17(11-15)20-6-5-9-24(20)28(26,27)18-13-19(22-14-18)21(25)23-7-3-4-8-23/h10-14,20,22H,3-9H2,1-2H3. The predicted molar refractivity (Wildman–Crippen MR) is 108 cm³/mol. The Morgan fingerprint density at radius 3 is 2.36 bits per heavy atom. The summed E-state index contributed by atoms with van der Waals surface area (Å²) in [7, 11) is -3.67. The first-order valence-electron chi connectivity index (χ1n) is 9.94. The second-order valence-electron chi connectivity index (χ2n) is 7.94. The minimum absolute atomic E-state index is 0.119. The van der Waals surface area contributed by atoms with Crippen LogP contribution < -0.4 is 0 Å². The molecule has 1 N–H and O–H groups in total. The smallest absolute Gasteiger partial charge is 0.270 e. The van der Waals surface area contributed by atoms with Gasteiger partial charge in [0, 0.05) is 25.8 Å². The topological polar surface area (TPSA) is 73.5 Å². The van der Waals surface area contributed by atoms with Crippen molar-refractivity contribution in [3.05, 3.63) is 52.8 Å². The number of carbonyl (C=O) groups excluding carboxylic acids is 1. The molecule has 1 unspecified atom stereocenters. The maximum absolute atomic E-state index is 13.3. The largest absolute Gasteiger partial charge is 0.356 e. The van der Waals surface area contributed by atoms with Gasteiger partial charge in [0.1, 0.15) is 10.6 Å². The number of rotatable bonds is 4. The number of likely N-dealkylation sites (tertiary alicyclic amines) is 1. The number of H-pyrrole nitrogens is 1. The number of benzene rings is 1. The molecule has 6 nitrogen and oxygen atoms in total. The average Bonchev–Trinajstić information content (AvgIpc) is 3.41. The van der Waals surface area contributed by atoms with Crippen LogP contribution >= 0.6 is 0 Å². The van der Waals surface area contributed by atoms with E-state index in [9.17, 15) is 13.2 Å². The lowest BCUT2D eigenvalue weighted by Gasteiger charge is -2.24. The Balaban J connectivity index is 1.61. The molecule has 0 bridgehead atoms. The lowest BCUT2D eigenvalue weighted by Crippen LogP contribution is -2.30. The summed E-state index contributed by atoms with van der Waals surface area (Å²) in [5, 5.41) is 0. The van der Waals surface area contributed by atoms with Crippen LogP contribution in [0.15, 0.2) is 35.4 Å². The number of amides is 1. The van der Waals surface area contributed by atoms with Crippen molar-refractivity contribution >= 4 is 15.9 Å². The molecular weight excluding hydrogens is 374 g/mol. The van der Waals surface area contributed by atoms with E-state index in [-0.39, 0.29) is 16.8 Å². The lowest BCUT2D eigenvalue weighted by molar-refractivity contribution is 0.0787. The summed E-state index contributed by atoms with van der Waals surface area (Å²) in [6, 6.07) is 7.58. The molecule has 7 heteroatoms. The summed E-state index contributed by atoms with van der Waals surface area (Å²) >= 11 is 0. The molecule has 1 aromatic heterocycles. The van der Waals surface area contributed by atoms with E-state index in [1.54, 1.807) is 9.21 Å². The van der Waals surface area contributed by atoms with Crippen molar-refractivity contribution in [1.29, 1.82) is 0 Å². The summed E-state index contributed by atoms with van der Waals surface area (Å²) in [6.45, 7) is 6.04. The van der Waals surface area contributed by atoms with Crippen LogP contribution in [0.3, 0.4) is 0 Å². The zero-order valence-electron chi connectivity index (χ0n) is 16.4. The van der Waals surface area contributed by atoms with E-state index >= 15 is 0 Å². The van der Waals surface area contributed by atoms with E-state index in [1.807, 2.05) is 13.8 Å². The summed E-state index contributed by atoms with van der Waals surface area (Å²) in [6.07, 6.45) is 5.11. The third-order valence-corrected chi connectivity index (χ3v) is 7.61. The molecular formula is C21H27N3O3S. The highest BCUT2D eigenvalue weighted by molar-refractivity contribution is 7.89. The molecule has 2 aliphatic rings. The van der Waals surface area contributed by atoms with Gasteiger partial charge in [-0.15, -0.1) is 0 Å². The average molecular weight is 402 g/mol. The summed E-state index contributed by atoms with van der Waals surface area (Å²) in [5.41, 5.74) is 3.67. The quantitative estimate of drug-likeness (QED) is 0.853. The first kappa shape index (κ1) is 19.2. The van der Waals surface area contributed by atoms with E-state index in [1.165, 1.54) is 12.3 Å². The van der Waals surface area contributed by atoms with Crippen LogP contribution in [0.25, 0.3) is 0 Å². The van der Waals surface area contributed by atoms with Crippen molar-refractivity contribution in [3.8, 4) is 0 Å². The van der Waals surface area contributed by atoms with Gasteiger partial charge in [-0.25, -0.2) is 8.42 Å². The molecule has 0 saturated carbocycles. The highest BCUT2D eigenvalue weighted by Gasteiger charge is 2.37. The molecule has 4 rings (SSSR count). The van der Waals surface area contributed by atoms with Crippen LogP contribution in [0, 0.1) is 13.8 Å². The van der Waals surface area contributed by atoms with E-state index in [0.717, 1.165) is 55.5 Å². The minimum atomic E-state index is -3.67. The molecule has 3 heterocycles. The van der Waals surface area contributed by atoms with Crippen molar-refractivity contribution in [2.24, 2.45) is 0 Å². The van der Waals surface area contributed by atoms with Crippen LogP contribution in [0.4, 0.5) is 0 Å². The molecule has 1 atom stereocenters. The Hall–Kier alpha value is -2.12. The van der Waals surface area contributed by atoms with Crippen LogP contribution in [-0.4, -0.2) is 48.1 Å². The number of carbonyl (C=O) groups is 1. The van der Waals surface area contributed by atoms with E-state index in [0.29, 0.717) is 12.2 Å². The number of hydrogen-bond donors (Lipinski definition) is 1. The molecule has 2 fully saturated rings. The number of aromatic amines is 1. The van der Waals surface area contributed by atoms with Crippen LogP contribution in [0.1, 0.15) is 58.9 Å². The third kappa shape index (κ3) is 3.49. The van der Waals surface area contributed by atoms with E-state index < -0.39 is 10.0 Å². The molecule has 2 aliphatic heterocycles. The molecule has 1 amide bonds. The van der Waals surface area contributed by atoms with Gasteiger partial charge in [0.25, 0.3) is 5.91 Å². The molecule has 1 aromatic carbocycles. The van der Waals surface area contributed by atoms with Crippen molar-refractivity contribution in [3.63, 3.8) is 0 Å². The molecule has 0 aliphatic carbocycles. The zero-order chi connectivity index (χ0) is 19.9. The van der Waals surface area contributed by atoms with Crippen molar-refractivity contribution in [2.45, 2.75) is 50.5 Å². The van der Waals surface area contributed by atoms with Gasteiger partial charge in [-0.05, 0) is 51.2 Å². The van der Waals surface area contributed by atoms with Crippen molar-refractivity contribution in [1.82, 2.24) is 14.2 Å². The van der Waals surface area contributed by atoms with Crippen molar-refractivity contribution < 1.29 is 13.2 Å². The molecule has 150 valence electrons. The Morgan fingerprint density at radius 1 is 1.00 bits per heavy atom. The molecule has 0 spiro atoms. The van der Waals surface area contributed by atoms with Crippen LogP contribution in [0.5, 0.6) is 0 Å². The number of aryl methyl sites for hydroxylation is 2. The summed E-state index contributed by atoms with van der Waals surface area (Å²) in [5.74, 6) is -0.119.